The van der Waals surface area contributed by atoms with Gasteiger partial charge < -0.3 is 20.5 Å². The minimum absolute atomic E-state index is 0. The van der Waals surface area contributed by atoms with Crippen molar-refractivity contribution in [3.05, 3.63) is 53.1 Å². The Morgan fingerprint density at radius 3 is 2.83 bits per heavy atom. The molecular formula is C18H19ClN2O3. The van der Waals surface area contributed by atoms with Crippen LogP contribution in [0.1, 0.15) is 40.4 Å². The normalized spacial score (nSPS) is 17.6. The number of anilines is 1. The van der Waals surface area contributed by atoms with Crippen LogP contribution < -0.4 is 20.5 Å². The van der Waals surface area contributed by atoms with Crippen molar-refractivity contribution in [2.45, 2.75) is 25.3 Å². The van der Waals surface area contributed by atoms with Crippen LogP contribution in [0.5, 0.6) is 11.5 Å². The van der Waals surface area contributed by atoms with Crippen LogP contribution in [-0.4, -0.2) is 12.7 Å². The van der Waals surface area contributed by atoms with Gasteiger partial charge in [-0.3, -0.25) is 4.79 Å². The van der Waals surface area contributed by atoms with Gasteiger partial charge in [-0.1, -0.05) is 6.07 Å². The number of fused-ring (bicyclic) bond motifs is 2. The first-order chi connectivity index (χ1) is 11.2. The summed E-state index contributed by atoms with van der Waals surface area (Å²) in [7, 11) is 0. The van der Waals surface area contributed by atoms with Gasteiger partial charge in [-0.2, -0.15) is 0 Å². The van der Waals surface area contributed by atoms with Gasteiger partial charge in [-0.25, -0.2) is 0 Å². The van der Waals surface area contributed by atoms with Gasteiger partial charge in [0.15, 0.2) is 11.5 Å². The summed E-state index contributed by atoms with van der Waals surface area (Å²) in [4.78, 5) is 12.6. The third-order valence-electron chi connectivity index (χ3n) is 4.42. The number of carbonyl (C=O) groups excluding carboxylic acids is 1. The number of ether oxygens (including phenoxy) is 2. The average Bonchev–Trinajstić information content (AvgIpc) is 3.02. The quantitative estimate of drug-likeness (QED) is 0.819. The zero-order valence-electron chi connectivity index (χ0n) is 13.1. The topological polar surface area (TPSA) is 73.6 Å². The molecule has 0 aromatic heterocycles. The number of aryl methyl sites for hydroxylation is 1. The molecule has 2 aromatic rings. The van der Waals surface area contributed by atoms with Crippen LogP contribution in [0.15, 0.2) is 36.4 Å². The third kappa shape index (κ3) is 2.99. The first-order valence-electron chi connectivity index (χ1n) is 7.79. The molecular weight excluding hydrogens is 328 g/mol. The van der Waals surface area contributed by atoms with Crippen molar-refractivity contribution in [3.63, 3.8) is 0 Å². The second-order valence-corrected chi connectivity index (χ2v) is 5.94. The fourth-order valence-corrected chi connectivity index (χ4v) is 3.26. The lowest BCUT2D eigenvalue weighted by Gasteiger charge is -2.26. The minimum atomic E-state index is -0.0991. The molecule has 5 nitrogen and oxygen atoms in total. The van der Waals surface area contributed by atoms with E-state index in [0.717, 1.165) is 24.9 Å². The van der Waals surface area contributed by atoms with Crippen molar-refractivity contribution in [3.8, 4) is 11.5 Å². The first kappa shape index (κ1) is 16.5. The molecule has 0 spiro atoms. The molecule has 126 valence electrons. The molecule has 1 aliphatic carbocycles. The molecule has 0 bridgehead atoms. The minimum Gasteiger partial charge on any atom is -0.454 e. The van der Waals surface area contributed by atoms with Crippen molar-refractivity contribution < 1.29 is 14.3 Å². The van der Waals surface area contributed by atoms with Crippen LogP contribution in [-0.2, 0) is 6.42 Å². The largest absolute Gasteiger partial charge is 0.454 e. The number of nitrogens with one attached hydrogen (secondary N) is 1. The van der Waals surface area contributed by atoms with Crippen LogP contribution in [0.4, 0.5) is 5.69 Å². The smallest absolute Gasteiger partial charge is 0.251 e. The number of amides is 1. The van der Waals surface area contributed by atoms with E-state index >= 15 is 0 Å². The molecule has 0 radical (unpaired) electrons. The lowest BCUT2D eigenvalue weighted by molar-refractivity contribution is 0.0932. The van der Waals surface area contributed by atoms with Gasteiger partial charge in [0.25, 0.3) is 5.91 Å². The average molecular weight is 347 g/mol. The lowest BCUT2D eigenvalue weighted by atomic mass is 9.87. The molecule has 1 heterocycles. The monoisotopic (exact) mass is 346 g/mol. The Hall–Kier alpha value is -2.40. The van der Waals surface area contributed by atoms with Crippen LogP contribution in [0, 0.1) is 0 Å². The standard InChI is InChI=1S/C18H18N2O3.ClH/c19-13-5-6-14-11(8-13)2-1-3-15(14)20-18(21)12-4-7-16-17(9-12)23-10-22-16;/h4-9,15H,1-3,10,19H2,(H,20,21);1H. The summed E-state index contributed by atoms with van der Waals surface area (Å²) < 4.78 is 10.6. The van der Waals surface area contributed by atoms with Crippen LogP contribution in [0.2, 0.25) is 0 Å². The number of hydrogen-bond donors (Lipinski definition) is 2. The highest BCUT2D eigenvalue weighted by molar-refractivity contribution is 5.95. The summed E-state index contributed by atoms with van der Waals surface area (Å²) >= 11 is 0. The summed E-state index contributed by atoms with van der Waals surface area (Å²) in [6.45, 7) is 0.206. The Morgan fingerprint density at radius 2 is 1.96 bits per heavy atom. The molecule has 0 saturated carbocycles. The van der Waals surface area contributed by atoms with Gasteiger partial charge in [0, 0.05) is 11.3 Å². The summed E-state index contributed by atoms with van der Waals surface area (Å²) in [6.07, 6.45) is 2.99. The van der Waals surface area contributed by atoms with Crippen molar-refractivity contribution >= 4 is 24.0 Å². The highest BCUT2D eigenvalue weighted by Gasteiger charge is 2.23. The lowest BCUT2D eigenvalue weighted by Crippen LogP contribution is -2.31. The number of halogens is 1. The molecule has 3 N–H and O–H groups in total. The number of carbonyl (C=O) groups is 1. The number of hydrogen-bond acceptors (Lipinski definition) is 4. The molecule has 1 unspecified atom stereocenters. The molecule has 1 amide bonds. The van der Waals surface area contributed by atoms with E-state index in [0.29, 0.717) is 17.1 Å². The maximum atomic E-state index is 12.6. The summed E-state index contributed by atoms with van der Waals surface area (Å²) in [6, 6.07) is 11.2. The molecule has 2 aliphatic rings. The van der Waals surface area contributed by atoms with Crippen molar-refractivity contribution in [2.75, 3.05) is 12.5 Å². The summed E-state index contributed by atoms with van der Waals surface area (Å²) in [5.74, 6) is 1.20. The van der Waals surface area contributed by atoms with Gasteiger partial charge in [-0.15, -0.1) is 12.4 Å². The predicted molar refractivity (Wildman–Crippen MR) is 93.8 cm³/mol. The number of benzene rings is 2. The molecule has 0 fully saturated rings. The van der Waals surface area contributed by atoms with Gasteiger partial charge >= 0.3 is 0 Å². The van der Waals surface area contributed by atoms with Gasteiger partial charge in [-0.05, 0) is 60.7 Å². The highest BCUT2D eigenvalue weighted by Crippen LogP contribution is 2.34. The molecule has 1 aliphatic heterocycles. The number of nitrogen functional groups attached to an aromatic ring is 1. The number of rotatable bonds is 2. The van der Waals surface area contributed by atoms with Crippen LogP contribution in [0.3, 0.4) is 0 Å². The van der Waals surface area contributed by atoms with Crippen molar-refractivity contribution in [1.29, 1.82) is 0 Å². The summed E-state index contributed by atoms with van der Waals surface area (Å²) in [5, 5.41) is 3.13. The van der Waals surface area contributed by atoms with E-state index in [-0.39, 0.29) is 31.1 Å². The van der Waals surface area contributed by atoms with E-state index in [1.165, 1.54) is 11.1 Å². The zero-order valence-corrected chi connectivity index (χ0v) is 13.9. The molecule has 2 aromatic carbocycles. The van der Waals surface area contributed by atoms with Crippen LogP contribution >= 0.6 is 12.4 Å². The maximum absolute atomic E-state index is 12.6. The zero-order chi connectivity index (χ0) is 15.8. The first-order valence-corrected chi connectivity index (χ1v) is 7.79. The van der Waals surface area contributed by atoms with Gasteiger partial charge in [0.2, 0.25) is 6.79 Å². The maximum Gasteiger partial charge on any atom is 0.251 e. The van der Waals surface area contributed by atoms with Crippen molar-refractivity contribution in [1.82, 2.24) is 5.32 Å². The Balaban J connectivity index is 0.00000169. The Bertz CT molecular complexity index is 779. The second-order valence-electron chi connectivity index (χ2n) is 5.94. The molecule has 0 saturated heterocycles. The van der Waals surface area contributed by atoms with E-state index in [2.05, 4.69) is 5.32 Å². The highest BCUT2D eigenvalue weighted by atomic mass is 35.5. The SMILES string of the molecule is Cl.Nc1ccc2c(c1)CCCC2NC(=O)c1ccc2c(c1)OCO2. The fraction of sp³-hybridized carbons (Fsp3) is 0.278. The molecule has 4 rings (SSSR count). The van der Waals surface area contributed by atoms with E-state index in [1.54, 1.807) is 18.2 Å². The Labute approximate surface area is 146 Å². The van der Waals surface area contributed by atoms with Gasteiger partial charge in [0.05, 0.1) is 6.04 Å². The van der Waals surface area contributed by atoms with Gasteiger partial charge in [0.1, 0.15) is 0 Å². The third-order valence-corrected chi connectivity index (χ3v) is 4.42. The predicted octanol–water partition coefficient (Wildman–Crippen LogP) is 3.23. The fourth-order valence-electron chi connectivity index (χ4n) is 3.26. The van der Waals surface area contributed by atoms with E-state index in [4.69, 9.17) is 15.2 Å². The molecule has 24 heavy (non-hydrogen) atoms. The Kier molecular flexibility index (Phi) is 4.53. The molecule has 1 atom stereocenters. The van der Waals surface area contributed by atoms with E-state index < -0.39 is 0 Å². The molecule has 6 heteroatoms. The summed E-state index contributed by atoms with van der Waals surface area (Å²) in [5.41, 5.74) is 9.60. The second kappa shape index (κ2) is 6.61. The van der Waals surface area contributed by atoms with E-state index in [9.17, 15) is 4.79 Å². The van der Waals surface area contributed by atoms with E-state index in [1.807, 2.05) is 18.2 Å². The Morgan fingerprint density at radius 1 is 1.12 bits per heavy atom. The number of nitrogens with two attached hydrogens (primary N) is 1. The van der Waals surface area contributed by atoms with Crippen molar-refractivity contribution in [2.24, 2.45) is 0 Å². The van der Waals surface area contributed by atoms with Crippen LogP contribution in [0.25, 0.3) is 0 Å².